The van der Waals surface area contributed by atoms with Crippen LogP contribution in [0.2, 0.25) is 0 Å². The predicted molar refractivity (Wildman–Crippen MR) is 103 cm³/mol. The first-order valence-corrected chi connectivity index (χ1v) is 8.79. The molecule has 0 atom stereocenters. The van der Waals surface area contributed by atoms with Crippen LogP contribution in [0.1, 0.15) is 39.9 Å². The molecule has 2 aromatic rings. The third-order valence-electron chi connectivity index (χ3n) is 4.80. The minimum Gasteiger partial charge on any atom is -0.366 e. The van der Waals surface area contributed by atoms with Crippen molar-refractivity contribution >= 4 is 23.0 Å². The molecule has 136 valence electrons. The third-order valence-corrected chi connectivity index (χ3v) is 4.80. The van der Waals surface area contributed by atoms with Crippen molar-refractivity contribution in [1.29, 1.82) is 0 Å². The molecule has 1 heterocycles. The molecule has 0 spiro atoms. The van der Waals surface area contributed by atoms with Gasteiger partial charge in [-0.15, -0.1) is 0 Å². The lowest BCUT2D eigenvalue weighted by Crippen LogP contribution is -2.20. The number of nitrogens with one attached hydrogen (secondary N) is 1. The zero-order chi connectivity index (χ0) is 18.8. The Hall–Kier alpha value is -2.89. The second kappa shape index (κ2) is 7.15. The lowest BCUT2D eigenvalue weighted by molar-refractivity contribution is -0.384. The fourth-order valence-electron chi connectivity index (χ4n) is 3.60. The van der Waals surface area contributed by atoms with E-state index in [1.165, 1.54) is 6.07 Å². The SMILES string of the molecule is Cc1cc(C)c(NC(=O)c2ccc(N3CCCC3)c([N+](=O)[O-])c2)c(C)c1. The fraction of sp³-hybridized carbons (Fsp3) is 0.350. The van der Waals surface area contributed by atoms with Crippen molar-refractivity contribution in [3.05, 3.63) is 62.7 Å². The molecule has 1 fully saturated rings. The molecule has 0 bridgehead atoms. The van der Waals surface area contributed by atoms with Crippen LogP contribution in [-0.4, -0.2) is 23.9 Å². The van der Waals surface area contributed by atoms with Gasteiger partial charge in [0, 0.05) is 30.4 Å². The predicted octanol–water partition coefficient (Wildman–Crippen LogP) is 4.37. The van der Waals surface area contributed by atoms with Gasteiger partial charge in [0.2, 0.25) is 0 Å². The summed E-state index contributed by atoms with van der Waals surface area (Å²) in [6, 6.07) is 8.73. The van der Waals surface area contributed by atoms with Crippen molar-refractivity contribution in [2.24, 2.45) is 0 Å². The molecule has 1 N–H and O–H groups in total. The molecule has 0 aromatic heterocycles. The molecule has 6 nitrogen and oxygen atoms in total. The average Bonchev–Trinajstić information content (AvgIpc) is 3.11. The zero-order valence-electron chi connectivity index (χ0n) is 15.3. The van der Waals surface area contributed by atoms with E-state index in [0.29, 0.717) is 11.3 Å². The van der Waals surface area contributed by atoms with Gasteiger partial charge in [0.1, 0.15) is 5.69 Å². The number of hydrogen-bond acceptors (Lipinski definition) is 4. The summed E-state index contributed by atoms with van der Waals surface area (Å²) < 4.78 is 0. The number of anilines is 2. The number of nitro benzene ring substituents is 1. The summed E-state index contributed by atoms with van der Waals surface area (Å²) in [4.78, 5) is 25.8. The standard InChI is InChI=1S/C20H23N3O3/c1-13-10-14(2)19(15(3)11-13)21-20(24)16-6-7-17(18(12-16)23(25)26)22-8-4-5-9-22/h6-7,10-12H,4-5,8-9H2,1-3H3,(H,21,24). The molecule has 0 aliphatic carbocycles. The maximum absolute atomic E-state index is 12.7. The summed E-state index contributed by atoms with van der Waals surface area (Å²) in [5.74, 6) is -0.337. The van der Waals surface area contributed by atoms with Gasteiger partial charge in [-0.2, -0.15) is 0 Å². The van der Waals surface area contributed by atoms with Crippen molar-refractivity contribution in [2.75, 3.05) is 23.3 Å². The molecular weight excluding hydrogens is 330 g/mol. The highest BCUT2D eigenvalue weighted by Gasteiger charge is 2.24. The first-order chi connectivity index (χ1) is 12.4. The lowest BCUT2D eigenvalue weighted by atomic mass is 10.0. The van der Waals surface area contributed by atoms with Crippen LogP contribution >= 0.6 is 0 Å². The minimum absolute atomic E-state index is 0.0168. The normalized spacial score (nSPS) is 13.7. The van der Waals surface area contributed by atoms with Gasteiger partial charge in [-0.25, -0.2) is 0 Å². The summed E-state index contributed by atoms with van der Waals surface area (Å²) >= 11 is 0. The van der Waals surface area contributed by atoms with E-state index >= 15 is 0 Å². The van der Waals surface area contributed by atoms with E-state index in [1.807, 2.05) is 37.8 Å². The lowest BCUT2D eigenvalue weighted by Gasteiger charge is -2.18. The number of hydrogen-bond donors (Lipinski definition) is 1. The van der Waals surface area contributed by atoms with E-state index in [1.54, 1.807) is 12.1 Å². The second-order valence-electron chi connectivity index (χ2n) is 6.88. The molecule has 0 saturated carbocycles. The first kappa shape index (κ1) is 17.9. The summed E-state index contributed by atoms with van der Waals surface area (Å²) in [6.45, 7) is 7.51. The minimum atomic E-state index is -0.410. The van der Waals surface area contributed by atoms with Crippen molar-refractivity contribution in [2.45, 2.75) is 33.6 Å². The van der Waals surface area contributed by atoms with Gasteiger partial charge in [-0.05, 0) is 56.9 Å². The number of nitro groups is 1. The number of benzene rings is 2. The smallest absolute Gasteiger partial charge is 0.293 e. The summed E-state index contributed by atoms with van der Waals surface area (Å²) in [5, 5.41) is 14.4. The van der Waals surface area contributed by atoms with Crippen molar-refractivity contribution < 1.29 is 9.72 Å². The first-order valence-electron chi connectivity index (χ1n) is 8.79. The Morgan fingerprint density at radius 2 is 1.69 bits per heavy atom. The van der Waals surface area contributed by atoms with E-state index in [0.717, 1.165) is 48.3 Å². The van der Waals surface area contributed by atoms with Crippen LogP contribution in [-0.2, 0) is 0 Å². The number of nitrogens with zero attached hydrogens (tertiary/aromatic N) is 2. The molecule has 2 aromatic carbocycles. The average molecular weight is 353 g/mol. The Morgan fingerprint density at radius 1 is 1.08 bits per heavy atom. The quantitative estimate of drug-likeness (QED) is 0.654. The van der Waals surface area contributed by atoms with E-state index in [4.69, 9.17) is 0 Å². The highest BCUT2D eigenvalue weighted by atomic mass is 16.6. The molecule has 1 amide bonds. The fourth-order valence-corrected chi connectivity index (χ4v) is 3.60. The molecule has 6 heteroatoms. The van der Waals surface area contributed by atoms with Gasteiger partial charge in [-0.1, -0.05) is 17.7 Å². The highest BCUT2D eigenvalue weighted by molar-refractivity contribution is 6.06. The van der Waals surface area contributed by atoms with Gasteiger partial charge in [-0.3, -0.25) is 14.9 Å². The number of aryl methyl sites for hydroxylation is 3. The number of amides is 1. The zero-order valence-corrected chi connectivity index (χ0v) is 15.3. The van der Waals surface area contributed by atoms with Crippen LogP contribution in [0.15, 0.2) is 30.3 Å². The van der Waals surface area contributed by atoms with E-state index < -0.39 is 4.92 Å². The molecule has 0 unspecified atom stereocenters. The van der Waals surface area contributed by atoms with Crippen LogP contribution in [0.3, 0.4) is 0 Å². The number of rotatable bonds is 4. The Bertz CT molecular complexity index is 848. The van der Waals surface area contributed by atoms with E-state index in [2.05, 4.69) is 5.32 Å². The maximum atomic E-state index is 12.7. The summed E-state index contributed by atoms with van der Waals surface area (Å²) in [6.07, 6.45) is 2.07. The van der Waals surface area contributed by atoms with Gasteiger partial charge < -0.3 is 10.2 Å². The van der Waals surface area contributed by atoms with Crippen LogP contribution in [0.5, 0.6) is 0 Å². The van der Waals surface area contributed by atoms with Crippen molar-refractivity contribution in [1.82, 2.24) is 0 Å². The van der Waals surface area contributed by atoms with Gasteiger partial charge >= 0.3 is 0 Å². The van der Waals surface area contributed by atoms with Crippen LogP contribution in [0, 0.1) is 30.9 Å². The Balaban J connectivity index is 1.90. The third kappa shape index (κ3) is 3.54. The number of carbonyl (C=O) groups excluding carboxylic acids is 1. The molecular formula is C20H23N3O3. The molecule has 26 heavy (non-hydrogen) atoms. The monoisotopic (exact) mass is 353 g/mol. The van der Waals surface area contributed by atoms with Crippen LogP contribution < -0.4 is 10.2 Å². The largest absolute Gasteiger partial charge is 0.366 e. The topological polar surface area (TPSA) is 75.5 Å². The van der Waals surface area contributed by atoms with Gasteiger partial charge in [0.05, 0.1) is 4.92 Å². The summed E-state index contributed by atoms with van der Waals surface area (Å²) in [7, 11) is 0. The highest BCUT2D eigenvalue weighted by Crippen LogP contribution is 2.32. The van der Waals surface area contributed by atoms with Crippen molar-refractivity contribution in [3.8, 4) is 0 Å². The molecule has 3 rings (SSSR count). The Labute approximate surface area is 153 Å². The number of carbonyl (C=O) groups is 1. The Morgan fingerprint density at radius 3 is 2.27 bits per heavy atom. The van der Waals surface area contributed by atoms with Gasteiger partial charge in [0.25, 0.3) is 11.6 Å². The van der Waals surface area contributed by atoms with Crippen LogP contribution in [0.4, 0.5) is 17.1 Å². The molecule has 0 radical (unpaired) electrons. The van der Waals surface area contributed by atoms with Gasteiger partial charge in [0.15, 0.2) is 0 Å². The molecule has 1 aliphatic heterocycles. The maximum Gasteiger partial charge on any atom is 0.293 e. The van der Waals surface area contributed by atoms with E-state index in [-0.39, 0.29) is 11.6 Å². The molecule has 1 saturated heterocycles. The second-order valence-corrected chi connectivity index (χ2v) is 6.88. The van der Waals surface area contributed by atoms with Crippen molar-refractivity contribution in [3.63, 3.8) is 0 Å². The van der Waals surface area contributed by atoms with Crippen LogP contribution in [0.25, 0.3) is 0 Å². The van der Waals surface area contributed by atoms with E-state index in [9.17, 15) is 14.9 Å². The molecule has 1 aliphatic rings. The summed E-state index contributed by atoms with van der Waals surface area (Å²) in [5.41, 5.74) is 4.69. The Kier molecular flexibility index (Phi) is 4.93.